The summed E-state index contributed by atoms with van der Waals surface area (Å²) in [6, 6.07) is 9.94. The lowest BCUT2D eigenvalue weighted by Gasteiger charge is -2.45. The summed E-state index contributed by atoms with van der Waals surface area (Å²) in [4.78, 5) is 19.9. The van der Waals surface area contributed by atoms with Gasteiger partial charge in [-0.05, 0) is 54.8 Å². The summed E-state index contributed by atoms with van der Waals surface area (Å²) >= 11 is 2.28. The van der Waals surface area contributed by atoms with Crippen LogP contribution in [-0.4, -0.2) is 36.7 Å². The minimum Gasteiger partial charge on any atom is -0.364 e. The Balaban J connectivity index is 1.45. The summed E-state index contributed by atoms with van der Waals surface area (Å²) in [6.45, 7) is 1.57. The molecule has 1 aliphatic heterocycles. The Hall–Kier alpha value is -2.56. The quantitative estimate of drug-likeness (QED) is 0.561. The number of amides is 1. The standard InChI is InChI=1S/C21H19F3N4OS2/c1-12-18(31-25)30-20(26-12)27(2)19(29)21(24)10-28(11-21)15-6-3-13(4-7-15)16-9-14(22)5-8-17(16)23/h3-9H,10-11,25H2,1-2H3. The van der Waals surface area contributed by atoms with Crippen molar-refractivity contribution in [2.75, 3.05) is 29.9 Å². The Morgan fingerprint density at radius 1 is 1.23 bits per heavy atom. The third-order valence-electron chi connectivity index (χ3n) is 5.18. The molecule has 31 heavy (non-hydrogen) atoms. The van der Waals surface area contributed by atoms with Crippen LogP contribution in [0.15, 0.2) is 46.7 Å². The van der Waals surface area contributed by atoms with Gasteiger partial charge in [-0.3, -0.25) is 14.8 Å². The highest BCUT2D eigenvalue weighted by Gasteiger charge is 2.52. The molecule has 0 saturated carbocycles. The van der Waals surface area contributed by atoms with E-state index in [-0.39, 0.29) is 18.7 Å². The van der Waals surface area contributed by atoms with Crippen molar-refractivity contribution in [3.8, 4) is 11.1 Å². The number of carbonyl (C=O) groups excluding carboxylic acids is 1. The molecule has 2 N–H and O–H groups in total. The summed E-state index contributed by atoms with van der Waals surface area (Å²) in [5.41, 5.74) is 0.0238. The summed E-state index contributed by atoms with van der Waals surface area (Å²) in [5, 5.41) is 5.97. The molecule has 1 amide bonds. The van der Waals surface area contributed by atoms with Gasteiger partial charge in [0, 0.05) is 18.3 Å². The van der Waals surface area contributed by atoms with Crippen LogP contribution in [0.1, 0.15) is 5.69 Å². The molecule has 5 nitrogen and oxygen atoms in total. The highest BCUT2D eigenvalue weighted by atomic mass is 32.2. The van der Waals surface area contributed by atoms with Gasteiger partial charge in [-0.15, -0.1) is 0 Å². The zero-order valence-corrected chi connectivity index (χ0v) is 18.4. The van der Waals surface area contributed by atoms with Crippen LogP contribution in [-0.2, 0) is 4.79 Å². The van der Waals surface area contributed by atoms with Gasteiger partial charge in [-0.2, -0.15) is 0 Å². The van der Waals surface area contributed by atoms with Crippen molar-refractivity contribution in [1.82, 2.24) is 4.98 Å². The molecule has 0 atom stereocenters. The fourth-order valence-corrected chi connectivity index (χ4v) is 4.85. The topological polar surface area (TPSA) is 62.5 Å². The number of aryl methyl sites for hydroxylation is 1. The Bertz CT molecular complexity index is 1130. The van der Waals surface area contributed by atoms with Gasteiger partial charge in [0.15, 0.2) is 5.13 Å². The molecule has 1 aromatic heterocycles. The number of hydrogen-bond acceptors (Lipinski definition) is 6. The zero-order chi connectivity index (χ0) is 22.3. The number of alkyl halides is 1. The van der Waals surface area contributed by atoms with Crippen LogP contribution in [0.25, 0.3) is 11.1 Å². The van der Waals surface area contributed by atoms with Crippen LogP contribution in [0, 0.1) is 18.6 Å². The van der Waals surface area contributed by atoms with Gasteiger partial charge in [0.25, 0.3) is 5.91 Å². The van der Waals surface area contributed by atoms with E-state index in [4.69, 9.17) is 5.14 Å². The number of halogens is 3. The molecule has 10 heteroatoms. The predicted molar refractivity (Wildman–Crippen MR) is 118 cm³/mol. The summed E-state index contributed by atoms with van der Waals surface area (Å²) in [7, 11) is 1.50. The minimum atomic E-state index is -2.03. The molecule has 2 heterocycles. The third kappa shape index (κ3) is 4.02. The SMILES string of the molecule is Cc1nc(N(C)C(=O)C2(F)CN(c3ccc(-c4cc(F)ccc4F)cc3)C2)sc1SN. The van der Waals surface area contributed by atoms with Crippen LogP contribution in [0.4, 0.5) is 24.0 Å². The molecule has 2 aromatic carbocycles. The number of aromatic nitrogens is 1. The summed E-state index contributed by atoms with van der Waals surface area (Å²) in [6.07, 6.45) is 0. The number of nitrogens with zero attached hydrogens (tertiary/aromatic N) is 3. The molecule has 0 aliphatic carbocycles. The molecule has 0 bridgehead atoms. The molecule has 1 fully saturated rings. The molecular weight excluding hydrogens is 445 g/mol. The van der Waals surface area contributed by atoms with Crippen LogP contribution in [0.3, 0.4) is 0 Å². The van der Waals surface area contributed by atoms with Gasteiger partial charge in [0.2, 0.25) is 5.67 Å². The van der Waals surface area contributed by atoms with Crippen molar-refractivity contribution in [2.45, 2.75) is 16.8 Å². The van der Waals surface area contributed by atoms with Gasteiger partial charge < -0.3 is 4.90 Å². The maximum absolute atomic E-state index is 15.2. The fourth-order valence-electron chi connectivity index (χ4n) is 3.46. The number of benzene rings is 2. The zero-order valence-electron chi connectivity index (χ0n) is 16.7. The number of hydrogen-bond donors (Lipinski definition) is 1. The second kappa shape index (κ2) is 8.18. The van der Waals surface area contributed by atoms with E-state index in [1.807, 2.05) is 0 Å². The van der Waals surface area contributed by atoms with Gasteiger partial charge in [-0.1, -0.05) is 23.5 Å². The maximum Gasteiger partial charge on any atom is 0.269 e. The lowest BCUT2D eigenvalue weighted by atomic mass is 9.93. The summed E-state index contributed by atoms with van der Waals surface area (Å²) < 4.78 is 43.4. The monoisotopic (exact) mass is 464 g/mol. The molecule has 1 aliphatic rings. The average molecular weight is 465 g/mol. The predicted octanol–water partition coefficient (Wildman–Crippen LogP) is 4.55. The Morgan fingerprint density at radius 2 is 1.90 bits per heavy atom. The fraction of sp³-hybridized carbons (Fsp3) is 0.238. The molecule has 0 spiro atoms. The first-order valence-corrected chi connectivity index (χ1v) is 11.0. The molecular formula is C21H19F3N4OS2. The van der Waals surface area contributed by atoms with E-state index in [2.05, 4.69) is 4.98 Å². The largest absolute Gasteiger partial charge is 0.364 e. The first-order valence-electron chi connectivity index (χ1n) is 9.33. The highest BCUT2D eigenvalue weighted by molar-refractivity contribution is 7.99. The van der Waals surface area contributed by atoms with Crippen molar-refractivity contribution < 1.29 is 18.0 Å². The van der Waals surface area contributed by atoms with E-state index in [1.165, 1.54) is 23.3 Å². The number of thiazole rings is 1. The number of rotatable bonds is 5. The lowest BCUT2D eigenvalue weighted by Crippen LogP contribution is -2.66. The van der Waals surface area contributed by atoms with Crippen LogP contribution in [0.2, 0.25) is 0 Å². The van der Waals surface area contributed by atoms with Gasteiger partial charge >= 0.3 is 0 Å². The van der Waals surface area contributed by atoms with Crippen molar-refractivity contribution in [2.24, 2.45) is 5.14 Å². The first kappa shape index (κ1) is 21.7. The van der Waals surface area contributed by atoms with E-state index >= 15 is 4.39 Å². The van der Waals surface area contributed by atoms with E-state index in [0.717, 1.165) is 34.4 Å². The van der Waals surface area contributed by atoms with E-state index in [9.17, 15) is 13.6 Å². The van der Waals surface area contributed by atoms with Gasteiger partial charge in [-0.25, -0.2) is 18.2 Å². The van der Waals surface area contributed by atoms with Crippen molar-refractivity contribution in [1.29, 1.82) is 0 Å². The van der Waals surface area contributed by atoms with Gasteiger partial charge in [0.05, 0.1) is 23.0 Å². The number of carbonyl (C=O) groups is 1. The second-order valence-corrected chi connectivity index (χ2v) is 9.22. The Morgan fingerprint density at radius 3 is 2.52 bits per heavy atom. The second-order valence-electron chi connectivity index (χ2n) is 7.34. The highest BCUT2D eigenvalue weighted by Crippen LogP contribution is 2.37. The Kier molecular flexibility index (Phi) is 5.71. The average Bonchev–Trinajstić information content (AvgIpc) is 3.13. The molecule has 0 unspecified atom stereocenters. The smallest absolute Gasteiger partial charge is 0.269 e. The Labute approximate surface area is 185 Å². The van der Waals surface area contributed by atoms with Crippen molar-refractivity contribution >= 4 is 40.0 Å². The van der Waals surface area contributed by atoms with E-state index in [0.29, 0.717) is 22.1 Å². The van der Waals surface area contributed by atoms with Crippen LogP contribution < -0.4 is 14.9 Å². The lowest BCUT2D eigenvalue weighted by molar-refractivity contribution is -0.131. The van der Waals surface area contributed by atoms with Gasteiger partial charge in [0.1, 0.15) is 11.6 Å². The first-order chi connectivity index (χ1) is 14.7. The molecule has 162 valence electrons. The maximum atomic E-state index is 15.2. The van der Waals surface area contributed by atoms with Crippen molar-refractivity contribution in [3.05, 3.63) is 59.8 Å². The van der Waals surface area contributed by atoms with E-state index < -0.39 is 23.2 Å². The van der Waals surface area contributed by atoms with Crippen molar-refractivity contribution in [3.63, 3.8) is 0 Å². The van der Waals surface area contributed by atoms with Crippen LogP contribution >= 0.6 is 23.3 Å². The van der Waals surface area contributed by atoms with Crippen LogP contribution in [0.5, 0.6) is 0 Å². The minimum absolute atomic E-state index is 0.104. The molecule has 3 aromatic rings. The third-order valence-corrected chi connectivity index (χ3v) is 7.26. The molecule has 0 radical (unpaired) electrons. The molecule has 4 rings (SSSR count). The normalized spacial score (nSPS) is 15.0. The number of nitrogens with two attached hydrogens (primary N) is 1. The van der Waals surface area contributed by atoms with E-state index in [1.54, 1.807) is 36.1 Å². The molecule has 1 saturated heterocycles. The number of anilines is 2. The summed E-state index contributed by atoms with van der Waals surface area (Å²) in [5.74, 6) is -1.71.